The molecule has 0 aromatic carbocycles. The monoisotopic (exact) mass is 311 g/mol. The molecule has 0 rings (SSSR count). The maximum atomic E-state index is 10.8. The minimum Gasteiger partial charge on any atom is -0.303 e. The Kier molecular flexibility index (Phi) is 16.9. The van der Waals surface area contributed by atoms with E-state index >= 15 is 0 Å². The Labute approximate surface area is 135 Å². The number of rotatable bonds is 16. The molecular weight excluding hydrogens is 278 g/mol. The van der Waals surface area contributed by atoms with E-state index in [-0.39, 0.29) is 5.91 Å². The molecule has 0 saturated heterocycles. The molecule has 4 heteroatoms. The predicted molar refractivity (Wildman–Crippen MR) is 89.8 cm³/mol. The summed E-state index contributed by atoms with van der Waals surface area (Å²) >= 11 is 0. The summed E-state index contributed by atoms with van der Waals surface area (Å²) in [5, 5.41) is 8.34. The minimum absolute atomic E-state index is 0.285. The summed E-state index contributed by atoms with van der Waals surface area (Å²) in [5.41, 5.74) is 1.66. The molecule has 0 aliphatic carbocycles. The summed E-state index contributed by atoms with van der Waals surface area (Å²) in [7, 11) is 0. The number of nitrogens with one attached hydrogen (secondary N) is 1. The number of aldehydes is 1. The van der Waals surface area contributed by atoms with E-state index in [1.54, 1.807) is 5.48 Å². The molecule has 0 bridgehead atoms. The van der Waals surface area contributed by atoms with Gasteiger partial charge in [0.1, 0.15) is 6.29 Å². The van der Waals surface area contributed by atoms with E-state index in [0.29, 0.717) is 12.8 Å². The van der Waals surface area contributed by atoms with E-state index in [0.717, 1.165) is 38.4 Å². The number of amides is 1. The summed E-state index contributed by atoms with van der Waals surface area (Å²) in [6, 6.07) is 0. The third-order valence-corrected chi connectivity index (χ3v) is 3.76. The van der Waals surface area contributed by atoms with Gasteiger partial charge in [0.25, 0.3) is 0 Å². The van der Waals surface area contributed by atoms with Crippen molar-refractivity contribution in [3.8, 4) is 0 Å². The third kappa shape index (κ3) is 16.9. The molecule has 0 unspecified atom stereocenters. The average Bonchev–Trinajstić information content (AvgIpc) is 2.54. The van der Waals surface area contributed by atoms with E-state index in [9.17, 15) is 9.59 Å². The van der Waals surface area contributed by atoms with Crippen molar-refractivity contribution in [1.82, 2.24) is 5.48 Å². The fraction of sp³-hybridized carbons (Fsp3) is 0.778. The summed E-state index contributed by atoms with van der Waals surface area (Å²) < 4.78 is 0. The molecule has 0 heterocycles. The van der Waals surface area contributed by atoms with E-state index in [1.165, 1.54) is 44.9 Å². The highest BCUT2D eigenvalue weighted by Gasteiger charge is 1.97. The van der Waals surface area contributed by atoms with E-state index in [1.807, 2.05) is 0 Å². The van der Waals surface area contributed by atoms with Gasteiger partial charge in [0.15, 0.2) is 0 Å². The largest absolute Gasteiger partial charge is 0.303 e. The van der Waals surface area contributed by atoms with E-state index in [4.69, 9.17) is 5.21 Å². The fourth-order valence-corrected chi connectivity index (χ4v) is 2.39. The molecule has 4 nitrogen and oxygen atoms in total. The number of hydrogen-bond donors (Lipinski definition) is 2. The van der Waals surface area contributed by atoms with E-state index in [2.05, 4.69) is 12.2 Å². The lowest BCUT2D eigenvalue weighted by Gasteiger charge is -2.00. The van der Waals surface area contributed by atoms with Gasteiger partial charge in [-0.25, -0.2) is 5.48 Å². The second-order valence-electron chi connectivity index (χ2n) is 5.82. The van der Waals surface area contributed by atoms with Crippen LogP contribution < -0.4 is 5.48 Å². The first-order chi connectivity index (χ1) is 10.8. The van der Waals surface area contributed by atoms with Crippen molar-refractivity contribution < 1.29 is 14.8 Å². The van der Waals surface area contributed by atoms with Gasteiger partial charge in [0.2, 0.25) is 5.91 Å². The molecular formula is C18H33NO3. The Morgan fingerprint density at radius 1 is 0.727 bits per heavy atom. The second kappa shape index (κ2) is 17.9. The molecule has 0 aromatic rings. The first-order valence-corrected chi connectivity index (χ1v) is 8.83. The topological polar surface area (TPSA) is 66.4 Å². The molecule has 0 aliphatic heterocycles. The first-order valence-electron chi connectivity index (χ1n) is 8.83. The number of hydroxylamine groups is 1. The zero-order chi connectivity index (χ0) is 16.3. The lowest BCUT2D eigenvalue weighted by atomic mass is 10.1. The van der Waals surface area contributed by atoms with Crippen molar-refractivity contribution >= 4 is 12.2 Å². The SMILES string of the molecule is O=CCCCCCCCC=CCCCCCCCC(=O)NO. The highest BCUT2D eigenvalue weighted by molar-refractivity contribution is 5.74. The highest BCUT2D eigenvalue weighted by Crippen LogP contribution is 2.09. The van der Waals surface area contributed by atoms with Crippen molar-refractivity contribution in [1.29, 1.82) is 0 Å². The smallest absolute Gasteiger partial charge is 0.243 e. The summed E-state index contributed by atoms with van der Waals surface area (Å²) in [6.45, 7) is 0. The van der Waals surface area contributed by atoms with Crippen LogP contribution in [0, 0.1) is 0 Å². The maximum absolute atomic E-state index is 10.8. The number of allylic oxidation sites excluding steroid dienone is 2. The Balaban J connectivity index is 3.11. The Hall–Kier alpha value is -1.16. The summed E-state index contributed by atoms with van der Waals surface area (Å²) in [4.78, 5) is 20.9. The van der Waals surface area contributed by atoms with Crippen LogP contribution in [-0.2, 0) is 9.59 Å². The predicted octanol–water partition coefficient (Wildman–Crippen LogP) is 4.71. The molecule has 0 aliphatic rings. The van der Waals surface area contributed by atoms with Crippen molar-refractivity contribution in [3.05, 3.63) is 12.2 Å². The quantitative estimate of drug-likeness (QED) is 0.143. The van der Waals surface area contributed by atoms with Gasteiger partial charge in [0.05, 0.1) is 0 Å². The molecule has 128 valence electrons. The molecule has 0 radical (unpaired) electrons. The Morgan fingerprint density at radius 2 is 1.18 bits per heavy atom. The molecule has 0 fully saturated rings. The lowest BCUT2D eigenvalue weighted by Crippen LogP contribution is -2.17. The van der Waals surface area contributed by atoms with Crippen LogP contribution in [0.2, 0.25) is 0 Å². The number of hydrogen-bond acceptors (Lipinski definition) is 3. The summed E-state index contributed by atoms with van der Waals surface area (Å²) in [5.74, 6) is -0.285. The molecule has 22 heavy (non-hydrogen) atoms. The number of unbranched alkanes of at least 4 members (excludes halogenated alkanes) is 11. The zero-order valence-electron chi connectivity index (χ0n) is 13.9. The van der Waals surface area contributed by atoms with Gasteiger partial charge >= 0.3 is 0 Å². The third-order valence-electron chi connectivity index (χ3n) is 3.76. The average molecular weight is 311 g/mol. The zero-order valence-corrected chi connectivity index (χ0v) is 13.9. The minimum atomic E-state index is -0.285. The fourth-order valence-electron chi connectivity index (χ4n) is 2.39. The van der Waals surface area contributed by atoms with Crippen molar-refractivity contribution in [3.63, 3.8) is 0 Å². The van der Waals surface area contributed by atoms with Crippen molar-refractivity contribution in [2.75, 3.05) is 0 Å². The van der Waals surface area contributed by atoms with Crippen LogP contribution in [0.3, 0.4) is 0 Å². The molecule has 2 N–H and O–H groups in total. The molecule has 0 spiro atoms. The van der Waals surface area contributed by atoms with E-state index < -0.39 is 0 Å². The van der Waals surface area contributed by atoms with Gasteiger partial charge in [-0.2, -0.15) is 0 Å². The first kappa shape index (κ1) is 20.8. The van der Waals surface area contributed by atoms with Gasteiger partial charge in [-0.05, 0) is 38.5 Å². The van der Waals surface area contributed by atoms with Crippen LogP contribution in [0.5, 0.6) is 0 Å². The van der Waals surface area contributed by atoms with Crippen molar-refractivity contribution in [2.24, 2.45) is 0 Å². The Bertz CT molecular complexity index is 290. The highest BCUT2D eigenvalue weighted by atomic mass is 16.5. The molecule has 0 aromatic heterocycles. The van der Waals surface area contributed by atoms with Crippen molar-refractivity contribution in [2.45, 2.75) is 89.9 Å². The lowest BCUT2D eigenvalue weighted by molar-refractivity contribution is -0.129. The van der Waals surface area contributed by atoms with Gasteiger partial charge in [0, 0.05) is 12.8 Å². The van der Waals surface area contributed by atoms with Gasteiger partial charge < -0.3 is 4.79 Å². The number of carbonyl (C=O) groups excluding carboxylic acids is 2. The van der Waals surface area contributed by atoms with Crippen LogP contribution in [-0.4, -0.2) is 17.4 Å². The normalized spacial score (nSPS) is 11.0. The van der Waals surface area contributed by atoms with Crippen LogP contribution in [0.25, 0.3) is 0 Å². The maximum Gasteiger partial charge on any atom is 0.243 e. The molecule has 1 amide bonds. The second-order valence-corrected chi connectivity index (χ2v) is 5.82. The van der Waals surface area contributed by atoms with Crippen LogP contribution in [0.15, 0.2) is 12.2 Å². The molecule has 0 saturated carbocycles. The van der Waals surface area contributed by atoms with Gasteiger partial charge in [-0.15, -0.1) is 0 Å². The van der Waals surface area contributed by atoms with Gasteiger partial charge in [-0.1, -0.05) is 50.7 Å². The van der Waals surface area contributed by atoms with Crippen LogP contribution >= 0.6 is 0 Å². The summed E-state index contributed by atoms with van der Waals surface area (Å²) in [6.07, 6.45) is 20.5. The van der Waals surface area contributed by atoms with Gasteiger partial charge in [-0.3, -0.25) is 10.0 Å². The molecule has 0 atom stereocenters. The van der Waals surface area contributed by atoms with Crippen LogP contribution in [0.4, 0.5) is 0 Å². The number of carbonyl (C=O) groups is 2. The Morgan fingerprint density at radius 3 is 1.68 bits per heavy atom. The van der Waals surface area contributed by atoms with Crippen LogP contribution in [0.1, 0.15) is 89.9 Å². The standard InChI is InChI=1S/C18H33NO3/c20-17-15-13-11-9-7-5-3-1-2-4-6-8-10-12-14-16-18(21)19-22/h1-2,17,22H,3-16H2,(H,19,21).